The normalized spacial score (nSPS) is 10.5. The first kappa shape index (κ1) is 16.3. The van der Waals surface area contributed by atoms with Gasteiger partial charge in [-0.1, -0.05) is 76.9 Å². The average Bonchev–Trinajstić information content (AvgIpc) is 2.35. The molecule has 0 bridgehead atoms. The molecule has 0 atom stereocenters. The Morgan fingerprint density at radius 1 is 0.706 bits per heavy atom. The summed E-state index contributed by atoms with van der Waals surface area (Å²) >= 11 is 0. The maximum absolute atomic E-state index is 3.27. The van der Waals surface area contributed by atoms with Gasteiger partial charge < -0.3 is 0 Å². The molecule has 17 heavy (non-hydrogen) atoms. The number of hydrogen-bond donors (Lipinski definition) is 0. The first-order valence-electron chi connectivity index (χ1n) is 7.52. The van der Waals surface area contributed by atoms with Crippen LogP contribution in [0.4, 0.5) is 0 Å². The zero-order valence-corrected chi connectivity index (χ0v) is 11.9. The zero-order chi connectivity index (χ0) is 12.6. The van der Waals surface area contributed by atoms with E-state index in [1.54, 1.807) is 0 Å². The molecule has 0 aliphatic heterocycles. The fourth-order valence-electron chi connectivity index (χ4n) is 1.74. The van der Waals surface area contributed by atoms with E-state index in [2.05, 4.69) is 37.8 Å². The van der Waals surface area contributed by atoms with Crippen molar-refractivity contribution in [2.24, 2.45) is 0 Å². The highest BCUT2D eigenvalue weighted by Crippen LogP contribution is 2.06. The minimum Gasteiger partial charge on any atom is -0.103 e. The van der Waals surface area contributed by atoms with Crippen molar-refractivity contribution in [1.82, 2.24) is 0 Å². The van der Waals surface area contributed by atoms with Crippen LogP contribution in [0.25, 0.3) is 0 Å². The minimum absolute atomic E-state index is 0.944. The Kier molecular flexibility index (Phi) is 14.7. The van der Waals surface area contributed by atoms with Crippen LogP contribution in [-0.4, -0.2) is 0 Å². The highest BCUT2D eigenvalue weighted by atomic mass is 13.9. The maximum Gasteiger partial charge on any atom is 0.0269 e. The Morgan fingerprint density at radius 3 is 2.18 bits per heavy atom. The van der Waals surface area contributed by atoms with E-state index in [0.29, 0.717) is 0 Å². The van der Waals surface area contributed by atoms with E-state index in [9.17, 15) is 0 Å². The van der Waals surface area contributed by atoms with E-state index < -0.39 is 0 Å². The smallest absolute Gasteiger partial charge is 0.0269 e. The molecule has 0 aromatic rings. The number of unbranched alkanes of at least 4 members (excludes halogenated alkanes) is 8. The topological polar surface area (TPSA) is 0 Å². The van der Waals surface area contributed by atoms with Crippen LogP contribution in [0.5, 0.6) is 0 Å². The molecule has 0 fully saturated rings. The molecule has 0 aliphatic carbocycles. The van der Waals surface area contributed by atoms with Crippen molar-refractivity contribution in [1.29, 1.82) is 0 Å². The molecule has 0 aliphatic rings. The summed E-state index contributed by atoms with van der Waals surface area (Å²) in [5.74, 6) is 6.49. The number of allylic oxidation sites excluding steroid dienone is 2. The number of hydrogen-bond acceptors (Lipinski definition) is 0. The quantitative estimate of drug-likeness (QED) is 0.252. The molecule has 0 unspecified atom stereocenters. The van der Waals surface area contributed by atoms with E-state index >= 15 is 0 Å². The van der Waals surface area contributed by atoms with Crippen molar-refractivity contribution in [2.75, 3.05) is 0 Å². The van der Waals surface area contributed by atoms with Gasteiger partial charge in [-0.15, -0.1) is 5.92 Å². The van der Waals surface area contributed by atoms with Gasteiger partial charge in [0.25, 0.3) is 0 Å². The number of rotatable bonds is 10. The standard InChI is InChI=1S/C17H30/c1-3-5-7-9-11-13-15-17-16-14-12-10-8-6-4-2/h9,11H,3-8,10,12-14,16H2,1-2H3. The van der Waals surface area contributed by atoms with E-state index in [1.165, 1.54) is 57.8 Å². The van der Waals surface area contributed by atoms with E-state index in [4.69, 9.17) is 0 Å². The Hall–Kier alpha value is -0.700. The zero-order valence-electron chi connectivity index (χ0n) is 11.9. The van der Waals surface area contributed by atoms with Crippen LogP contribution in [0, 0.1) is 11.8 Å². The Morgan fingerprint density at radius 2 is 1.41 bits per heavy atom. The molecule has 0 N–H and O–H groups in total. The summed E-state index contributed by atoms with van der Waals surface area (Å²) in [6, 6.07) is 0. The first-order valence-corrected chi connectivity index (χ1v) is 7.52. The van der Waals surface area contributed by atoms with Gasteiger partial charge in [0.05, 0.1) is 0 Å². The SMILES string of the molecule is CCCCC=CCC#CCCCCCCCC. The van der Waals surface area contributed by atoms with Crippen molar-refractivity contribution in [3.8, 4) is 11.8 Å². The molecule has 0 aromatic carbocycles. The van der Waals surface area contributed by atoms with E-state index in [0.717, 1.165) is 12.8 Å². The predicted octanol–water partition coefficient (Wildman–Crippen LogP) is 5.88. The molecule has 0 rings (SSSR count). The molecule has 0 radical (unpaired) electrons. The van der Waals surface area contributed by atoms with Crippen LogP contribution in [-0.2, 0) is 0 Å². The van der Waals surface area contributed by atoms with Crippen molar-refractivity contribution in [3.63, 3.8) is 0 Å². The second kappa shape index (κ2) is 15.3. The summed E-state index contributed by atoms with van der Waals surface area (Å²) in [5.41, 5.74) is 0. The van der Waals surface area contributed by atoms with Crippen LogP contribution < -0.4 is 0 Å². The molecule has 0 saturated carbocycles. The van der Waals surface area contributed by atoms with Crippen molar-refractivity contribution >= 4 is 0 Å². The van der Waals surface area contributed by atoms with E-state index in [-0.39, 0.29) is 0 Å². The van der Waals surface area contributed by atoms with Crippen molar-refractivity contribution < 1.29 is 0 Å². The summed E-state index contributed by atoms with van der Waals surface area (Å²) in [6.07, 6.45) is 18.5. The lowest BCUT2D eigenvalue weighted by atomic mass is 10.1. The van der Waals surface area contributed by atoms with Gasteiger partial charge in [-0.2, -0.15) is 0 Å². The molecule has 0 heterocycles. The van der Waals surface area contributed by atoms with Gasteiger partial charge in [0, 0.05) is 12.8 Å². The van der Waals surface area contributed by atoms with Gasteiger partial charge in [-0.25, -0.2) is 0 Å². The summed E-state index contributed by atoms with van der Waals surface area (Å²) in [5, 5.41) is 0. The third kappa shape index (κ3) is 15.3. The van der Waals surface area contributed by atoms with E-state index in [1.807, 2.05) is 0 Å². The lowest BCUT2D eigenvalue weighted by Gasteiger charge is -1.96. The van der Waals surface area contributed by atoms with Gasteiger partial charge >= 0.3 is 0 Å². The summed E-state index contributed by atoms with van der Waals surface area (Å²) in [7, 11) is 0. The minimum atomic E-state index is 0.944. The Labute approximate surface area is 109 Å². The van der Waals surface area contributed by atoms with Crippen LogP contribution in [0.2, 0.25) is 0 Å². The first-order chi connectivity index (χ1) is 8.41. The van der Waals surface area contributed by atoms with Gasteiger partial charge in [0.1, 0.15) is 0 Å². The molecular weight excluding hydrogens is 204 g/mol. The summed E-state index contributed by atoms with van der Waals surface area (Å²) < 4.78 is 0. The Bertz CT molecular complexity index is 214. The van der Waals surface area contributed by atoms with Gasteiger partial charge in [-0.05, 0) is 12.8 Å². The largest absolute Gasteiger partial charge is 0.103 e. The van der Waals surface area contributed by atoms with Gasteiger partial charge in [0.2, 0.25) is 0 Å². The van der Waals surface area contributed by atoms with Crippen molar-refractivity contribution in [3.05, 3.63) is 12.2 Å². The maximum atomic E-state index is 3.27. The molecule has 0 aromatic heterocycles. The van der Waals surface area contributed by atoms with Crippen LogP contribution in [0.1, 0.15) is 84.5 Å². The van der Waals surface area contributed by atoms with Crippen LogP contribution in [0.15, 0.2) is 12.2 Å². The molecule has 0 heteroatoms. The fourth-order valence-corrected chi connectivity index (χ4v) is 1.74. The lowest BCUT2D eigenvalue weighted by Crippen LogP contribution is -1.77. The highest BCUT2D eigenvalue weighted by Gasteiger charge is 1.87. The highest BCUT2D eigenvalue weighted by molar-refractivity contribution is 5.04. The lowest BCUT2D eigenvalue weighted by molar-refractivity contribution is 0.614. The fraction of sp³-hybridized carbons (Fsp3) is 0.765. The molecule has 98 valence electrons. The summed E-state index contributed by atoms with van der Waals surface area (Å²) in [4.78, 5) is 0. The van der Waals surface area contributed by atoms with Crippen LogP contribution >= 0.6 is 0 Å². The molecule has 0 spiro atoms. The average molecular weight is 234 g/mol. The predicted molar refractivity (Wildman–Crippen MR) is 79.1 cm³/mol. The Balaban J connectivity index is 3.17. The molecule has 0 nitrogen and oxygen atoms in total. The monoisotopic (exact) mass is 234 g/mol. The second-order valence-electron chi connectivity index (χ2n) is 4.69. The third-order valence-electron chi connectivity index (χ3n) is 2.89. The molecular formula is C17H30. The summed E-state index contributed by atoms with van der Waals surface area (Å²) in [6.45, 7) is 4.49. The second-order valence-corrected chi connectivity index (χ2v) is 4.69. The van der Waals surface area contributed by atoms with Gasteiger partial charge in [0.15, 0.2) is 0 Å². The molecule has 0 saturated heterocycles. The van der Waals surface area contributed by atoms with Gasteiger partial charge in [-0.3, -0.25) is 0 Å². The van der Waals surface area contributed by atoms with Crippen molar-refractivity contribution in [2.45, 2.75) is 84.5 Å². The molecule has 0 amide bonds. The van der Waals surface area contributed by atoms with Crippen LogP contribution in [0.3, 0.4) is 0 Å². The third-order valence-corrected chi connectivity index (χ3v) is 2.89.